The highest BCUT2D eigenvalue weighted by atomic mass is 16.1. The van der Waals surface area contributed by atoms with Gasteiger partial charge in [-0.25, -0.2) is 0 Å². The fraction of sp³-hybridized carbons (Fsp3) is 0.533. The zero-order valence-electron chi connectivity index (χ0n) is 11.1. The standard InChI is InChI=1S/C15H22N2O/c1-10(2)11-6-3-4-9-14(11)17-15(18)12-7-5-8-13(12)16/h3-4,6,9-10,12-13H,5,7-8,16H2,1-2H3,(H,17,18). The molecule has 2 rings (SSSR count). The lowest BCUT2D eigenvalue weighted by Crippen LogP contribution is -2.34. The minimum atomic E-state index is -0.0229. The monoisotopic (exact) mass is 246 g/mol. The summed E-state index contributed by atoms with van der Waals surface area (Å²) >= 11 is 0. The Morgan fingerprint density at radius 2 is 2.06 bits per heavy atom. The highest BCUT2D eigenvalue weighted by Crippen LogP contribution is 2.28. The van der Waals surface area contributed by atoms with Crippen LogP contribution in [-0.4, -0.2) is 11.9 Å². The molecule has 3 heteroatoms. The summed E-state index contributed by atoms with van der Waals surface area (Å²) < 4.78 is 0. The van der Waals surface area contributed by atoms with E-state index in [1.165, 1.54) is 5.56 Å². The maximum absolute atomic E-state index is 12.2. The Kier molecular flexibility index (Phi) is 4.02. The van der Waals surface area contributed by atoms with Gasteiger partial charge in [-0.1, -0.05) is 38.5 Å². The van der Waals surface area contributed by atoms with Crippen LogP contribution in [0, 0.1) is 5.92 Å². The van der Waals surface area contributed by atoms with E-state index in [1.54, 1.807) is 0 Å². The van der Waals surface area contributed by atoms with E-state index in [0.717, 1.165) is 24.9 Å². The molecule has 1 amide bonds. The van der Waals surface area contributed by atoms with E-state index in [1.807, 2.05) is 18.2 Å². The van der Waals surface area contributed by atoms with Crippen LogP contribution < -0.4 is 11.1 Å². The lowest BCUT2D eigenvalue weighted by atomic mass is 9.99. The first-order valence-electron chi connectivity index (χ1n) is 6.75. The van der Waals surface area contributed by atoms with E-state index in [-0.39, 0.29) is 17.9 Å². The molecule has 0 spiro atoms. The average molecular weight is 246 g/mol. The molecule has 2 atom stereocenters. The molecule has 0 bridgehead atoms. The van der Waals surface area contributed by atoms with Gasteiger partial charge in [-0.05, 0) is 30.4 Å². The maximum Gasteiger partial charge on any atom is 0.229 e. The van der Waals surface area contributed by atoms with Crippen LogP contribution in [0.15, 0.2) is 24.3 Å². The van der Waals surface area contributed by atoms with Crippen LogP contribution in [-0.2, 0) is 4.79 Å². The molecule has 1 aromatic rings. The summed E-state index contributed by atoms with van der Waals surface area (Å²) in [5, 5.41) is 3.05. The second-order valence-electron chi connectivity index (χ2n) is 5.43. The number of amides is 1. The van der Waals surface area contributed by atoms with Crippen LogP contribution in [0.25, 0.3) is 0 Å². The first-order valence-corrected chi connectivity index (χ1v) is 6.75. The molecule has 2 unspecified atom stereocenters. The number of hydrogen-bond acceptors (Lipinski definition) is 2. The van der Waals surface area contributed by atoms with Gasteiger partial charge >= 0.3 is 0 Å². The minimum absolute atomic E-state index is 0.0229. The van der Waals surface area contributed by atoms with Crippen molar-refractivity contribution in [3.63, 3.8) is 0 Å². The Hall–Kier alpha value is -1.35. The summed E-state index contributed by atoms with van der Waals surface area (Å²) in [5.74, 6) is 0.456. The fourth-order valence-corrected chi connectivity index (χ4v) is 2.65. The lowest BCUT2D eigenvalue weighted by molar-refractivity contribution is -0.120. The van der Waals surface area contributed by atoms with Gasteiger partial charge in [0.25, 0.3) is 0 Å². The van der Waals surface area contributed by atoms with Crippen molar-refractivity contribution in [2.45, 2.75) is 45.1 Å². The number of benzene rings is 1. The van der Waals surface area contributed by atoms with Crippen LogP contribution in [0.3, 0.4) is 0 Å². The minimum Gasteiger partial charge on any atom is -0.327 e. The van der Waals surface area contributed by atoms with E-state index in [4.69, 9.17) is 5.73 Å². The summed E-state index contributed by atoms with van der Waals surface area (Å²) in [6.45, 7) is 4.26. The Labute approximate surface area is 109 Å². The zero-order valence-corrected chi connectivity index (χ0v) is 11.1. The fourth-order valence-electron chi connectivity index (χ4n) is 2.65. The number of anilines is 1. The van der Waals surface area contributed by atoms with Crippen molar-refractivity contribution >= 4 is 11.6 Å². The first kappa shape index (κ1) is 13.1. The molecule has 1 aliphatic carbocycles. The third kappa shape index (κ3) is 2.72. The number of carbonyl (C=O) groups excluding carboxylic acids is 1. The zero-order chi connectivity index (χ0) is 13.1. The van der Waals surface area contributed by atoms with Gasteiger partial charge < -0.3 is 11.1 Å². The highest BCUT2D eigenvalue weighted by Gasteiger charge is 2.30. The summed E-state index contributed by atoms with van der Waals surface area (Å²) in [6.07, 6.45) is 2.94. The molecular weight excluding hydrogens is 224 g/mol. The van der Waals surface area contributed by atoms with Crippen LogP contribution in [0.2, 0.25) is 0 Å². The van der Waals surface area contributed by atoms with E-state index in [2.05, 4.69) is 25.2 Å². The number of nitrogens with two attached hydrogens (primary N) is 1. The molecule has 1 aromatic carbocycles. The molecule has 3 N–H and O–H groups in total. The summed E-state index contributed by atoms with van der Waals surface area (Å²) in [5.41, 5.74) is 8.08. The molecule has 1 fully saturated rings. The number of nitrogens with one attached hydrogen (secondary N) is 1. The summed E-state index contributed by atoms with van der Waals surface area (Å²) in [4.78, 5) is 12.2. The molecule has 0 aromatic heterocycles. The Bertz CT molecular complexity index is 428. The van der Waals surface area contributed by atoms with Gasteiger partial charge in [-0.2, -0.15) is 0 Å². The Morgan fingerprint density at radius 1 is 1.33 bits per heavy atom. The molecule has 0 radical (unpaired) electrons. The average Bonchev–Trinajstić information content (AvgIpc) is 2.76. The Morgan fingerprint density at radius 3 is 2.67 bits per heavy atom. The summed E-state index contributed by atoms with van der Waals surface area (Å²) in [7, 11) is 0. The number of para-hydroxylation sites is 1. The van der Waals surface area contributed by atoms with E-state index in [9.17, 15) is 4.79 Å². The van der Waals surface area contributed by atoms with Crippen molar-refractivity contribution in [2.75, 3.05) is 5.32 Å². The van der Waals surface area contributed by atoms with Crippen molar-refractivity contribution in [3.8, 4) is 0 Å². The molecule has 3 nitrogen and oxygen atoms in total. The second-order valence-corrected chi connectivity index (χ2v) is 5.43. The van der Waals surface area contributed by atoms with Gasteiger partial charge in [-0.3, -0.25) is 4.79 Å². The molecule has 98 valence electrons. The van der Waals surface area contributed by atoms with Crippen LogP contribution >= 0.6 is 0 Å². The van der Waals surface area contributed by atoms with E-state index in [0.29, 0.717) is 5.92 Å². The molecule has 1 saturated carbocycles. The third-order valence-electron chi connectivity index (χ3n) is 3.75. The van der Waals surface area contributed by atoms with Crippen LogP contribution in [0.1, 0.15) is 44.6 Å². The van der Waals surface area contributed by atoms with Crippen molar-refractivity contribution < 1.29 is 4.79 Å². The topological polar surface area (TPSA) is 55.1 Å². The lowest BCUT2D eigenvalue weighted by Gasteiger charge is -2.18. The number of rotatable bonds is 3. The van der Waals surface area contributed by atoms with Gasteiger partial charge in [0.15, 0.2) is 0 Å². The quantitative estimate of drug-likeness (QED) is 0.861. The molecule has 0 aliphatic heterocycles. The molecule has 0 saturated heterocycles. The predicted molar refractivity (Wildman–Crippen MR) is 74.5 cm³/mol. The number of hydrogen-bond donors (Lipinski definition) is 2. The molecular formula is C15H22N2O. The normalized spacial score (nSPS) is 23.3. The molecule has 18 heavy (non-hydrogen) atoms. The van der Waals surface area contributed by atoms with Crippen molar-refractivity contribution in [1.29, 1.82) is 0 Å². The maximum atomic E-state index is 12.2. The van der Waals surface area contributed by atoms with Gasteiger partial charge in [0, 0.05) is 11.7 Å². The van der Waals surface area contributed by atoms with Gasteiger partial charge in [0.1, 0.15) is 0 Å². The van der Waals surface area contributed by atoms with E-state index < -0.39 is 0 Å². The van der Waals surface area contributed by atoms with Gasteiger partial charge in [-0.15, -0.1) is 0 Å². The van der Waals surface area contributed by atoms with Crippen molar-refractivity contribution in [2.24, 2.45) is 11.7 Å². The smallest absolute Gasteiger partial charge is 0.229 e. The largest absolute Gasteiger partial charge is 0.327 e. The van der Waals surface area contributed by atoms with Gasteiger partial charge in [0.2, 0.25) is 5.91 Å². The van der Waals surface area contributed by atoms with Crippen LogP contribution in [0.5, 0.6) is 0 Å². The van der Waals surface area contributed by atoms with Gasteiger partial charge in [0.05, 0.1) is 5.92 Å². The Balaban J connectivity index is 2.11. The van der Waals surface area contributed by atoms with Crippen LogP contribution in [0.4, 0.5) is 5.69 Å². The van der Waals surface area contributed by atoms with E-state index >= 15 is 0 Å². The van der Waals surface area contributed by atoms with Crippen molar-refractivity contribution in [3.05, 3.63) is 29.8 Å². The second kappa shape index (κ2) is 5.53. The molecule has 1 aliphatic rings. The molecule has 0 heterocycles. The summed E-state index contributed by atoms with van der Waals surface area (Å²) in [6, 6.07) is 8.02. The predicted octanol–water partition coefficient (Wildman–Crippen LogP) is 2.88. The van der Waals surface area contributed by atoms with Crippen molar-refractivity contribution in [1.82, 2.24) is 0 Å². The third-order valence-corrected chi connectivity index (χ3v) is 3.75. The highest BCUT2D eigenvalue weighted by molar-refractivity contribution is 5.94. The SMILES string of the molecule is CC(C)c1ccccc1NC(=O)C1CCCC1N. The first-order chi connectivity index (χ1) is 8.59. The number of carbonyl (C=O) groups is 1.